The van der Waals surface area contributed by atoms with E-state index >= 15 is 0 Å². The van der Waals surface area contributed by atoms with Crippen molar-refractivity contribution in [2.45, 2.75) is 26.3 Å². The molecule has 1 aliphatic rings. The van der Waals surface area contributed by atoms with E-state index in [0.717, 1.165) is 51.8 Å². The number of unbranched alkanes of at least 4 members (excludes halogenated alkanes) is 1. The second-order valence-corrected chi connectivity index (χ2v) is 5.43. The average molecular weight is 432 g/mol. The molecule has 0 atom stereocenters. The third kappa shape index (κ3) is 6.55. The molecular formula is C17H29IN4O. The average Bonchev–Trinajstić information content (AvgIpc) is 2.59. The molecule has 1 saturated heterocycles. The second kappa shape index (κ2) is 11.5. The number of ether oxygens (including phenoxy) is 1. The Morgan fingerprint density at radius 3 is 2.65 bits per heavy atom. The van der Waals surface area contributed by atoms with Gasteiger partial charge in [-0.05, 0) is 18.1 Å². The van der Waals surface area contributed by atoms with Crippen molar-refractivity contribution < 1.29 is 4.74 Å². The van der Waals surface area contributed by atoms with Gasteiger partial charge < -0.3 is 20.3 Å². The molecule has 1 fully saturated rings. The summed E-state index contributed by atoms with van der Waals surface area (Å²) >= 11 is 0. The van der Waals surface area contributed by atoms with Gasteiger partial charge in [-0.3, -0.25) is 4.99 Å². The number of nitrogens with zero attached hydrogens (tertiary/aromatic N) is 2. The number of halogens is 1. The lowest BCUT2D eigenvalue weighted by atomic mass is 10.1. The van der Waals surface area contributed by atoms with Gasteiger partial charge >= 0.3 is 0 Å². The van der Waals surface area contributed by atoms with E-state index in [4.69, 9.17) is 4.74 Å². The van der Waals surface area contributed by atoms with Gasteiger partial charge in [0.15, 0.2) is 5.96 Å². The third-order valence-corrected chi connectivity index (χ3v) is 3.84. The highest BCUT2D eigenvalue weighted by molar-refractivity contribution is 14.0. The van der Waals surface area contributed by atoms with E-state index in [9.17, 15) is 0 Å². The number of aliphatic imine (C=N–C) groups is 1. The van der Waals surface area contributed by atoms with Crippen molar-refractivity contribution in [3.8, 4) is 0 Å². The minimum absolute atomic E-state index is 0. The molecule has 0 radical (unpaired) electrons. The van der Waals surface area contributed by atoms with E-state index < -0.39 is 0 Å². The number of hydrogen-bond acceptors (Lipinski definition) is 3. The zero-order valence-electron chi connectivity index (χ0n) is 14.2. The number of morpholine rings is 1. The van der Waals surface area contributed by atoms with Crippen LogP contribution in [0.5, 0.6) is 0 Å². The lowest BCUT2D eigenvalue weighted by Gasteiger charge is -2.30. The molecule has 1 aromatic carbocycles. The normalized spacial score (nSPS) is 15.0. The molecule has 1 aliphatic heterocycles. The Morgan fingerprint density at radius 1 is 1.22 bits per heavy atom. The Morgan fingerprint density at radius 2 is 1.96 bits per heavy atom. The van der Waals surface area contributed by atoms with E-state index in [1.54, 1.807) is 0 Å². The van der Waals surface area contributed by atoms with Gasteiger partial charge in [-0.25, -0.2) is 0 Å². The van der Waals surface area contributed by atoms with Crippen LogP contribution >= 0.6 is 24.0 Å². The zero-order valence-corrected chi connectivity index (χ0v) is 16.5. The van der Waals surface area contributed by atoms with Crippen LogP contribution in [-0.4, -0.2) is 45.9 Å². The second-order valence-electron chi connectivity index (χ2n) is 5.43. The van der Waals surface area contributed by atoms with E-state index in [1.807, 2.05) is 7.05 Å². The highest BCUT2D eigenvalue weighted by Crippen LogP contribution is 2.21. The van der Waals surface area contributed by atoms with Crippen molar-refractivity contribution in [3.63, 3.8) is 0 Å². The molecule has 1 aromatic rings. The summed E-state index contributed by atoms with van der Waals surface area (Å²) < 4.78 is 5.45. The first-order valence-corrected chi connectivity index (χ1v) is 8.20. The number of benzene rings is 1. The summed E-state index contributed by atoms with van der Waals surface area (Å²) in [6.07, 6.45) is 2.34. The number of guanidine groups is 1. The van der Waals surface area contributed by atoms with Gasteiger partial charge in [0.25, 0.3) is 0 Å². The summed E-state index contributed by atoms with van der Waals surface area (Å²) in [6, 6.07) is 8.56. The Labute approximate surface area is 156 Å². The maximum atomic E-state index is 5.45. The minimum Gasteiger partial charge on any atom is -0.378 e. The summed E-state index contributed by atoms with van der Waals surface area (Å²) in [5.74, 6) is 0.866. The van der Waals surface area contributed by atoms with E-state index in [2.05, 4.69) is 51.7 Å². The topological polar surface area (TPSA) is 48.9 Å². The van der Waals surface area contributed by atoms with Crippen LogP contribution in [-0.2, 0) is 11.3 Å². The molecule has 2 N–H and O–H groups in total. The van der Waals surface area contributed by atoms with E-state index in [-0.39, 0.29) is 24.0 Å². The van der Waals surface area contributed by atoms with Crippen LogP contribution in [0.2, 0.25) is 0 Å². The lowest BCUT2D eigenvalue weighted by Crippen LogP contribution is -2.39. The number of anilines is 1. The van der Waals surface area contributed by atoms with Crippen LogP contribution in [0.3, 0.4) is 0 Å². The van der Waals surface area contributed by atoms with E-state index in [1.165, 1.54) is 17.7 Å². The molecule has 6 heteroatoms. The maximum Gasteiger partial charge on any atom is 0.191 e. The number of hydrogen-bond donors (Lipinski definition) is 2. The fraction of sp³-hybridized carbons (Fsp3) is 0.588. The van der Waals surface area contributed by atoms with Crippen LogP contribution in [0.1, 0.15) is 25.3 Å². The molecule has 0 aromatic heterocycles. The fourth-order valence-corrected chi connectivity index (χ4v) is 2.56. The first kappa shape index (κ1) is 20.0. The zero-order chi connectivity index (χ0) is 15.6. The summed E-state index contributed by atoms with van der Waals surface area (Å²) in [4.78, 5) is 6.67. The van der Waals surface area contributed by atoms with Gasteiger partial charge in [-0.15, -0.1) is 24.0 Å². The van der Waals surface area contributed by atoms with Crippen molar-refractivity contribution in [1.82, 2.24) is 10.6 Å². The maximum absolute atomic E-state index is 5.45. The van der Waals surface area contributed by atoms with Crippen molar-refractivity contribution in [2.75, 3.05) is 44.8 Å². The number of para-hydroxylation sites is 1. The quantitative estimate of drug-likeness (QED) is 0.314. The monoisotopic (exact) mass is 432 g/mol. The van der Waals surface area contributed by atoms with Gasteiger partial charge in [-0.2, -0.15) is 0 Å². The van der Waals surface area contributed by atoms with Crippen LogP contribution in [0.4, 0.5) is 5.69 Å². The van der Waals surface area contributed by atoms with Crippen LogP contribution in [0.15, 0.2) is 29.3 Å². The molecule has 0 saturated carbocycles. The summed E-state index contributed by atoms with van der Waals surface area (Å²) in [6.45, 7) is 7.46. The molecule has 2 rings (SSSR count). The fourth-order valence-electron chi connectivity index (χ4n) is 2.56. The van der Waals surface area contributed by atoms with Crippen molar-refractivity contribution in [3.05, 3.63) is 29.8 Å². The molecule has 1 heterocycles. The van der Waals surface area contributed by atoms with Crippen molar-refractivity contribution >= 4 is 35.6 Å². The van der Waals surface area contributed by atoms with Crippen molar-refractivity contribution in [2.24, 2.45) is 4.99 Å². The predicted octanol–water partition coefficient (Wildman–Crippen LogP) is 2.61. The predicted molar refractivity (Wildman–Crippen MR) is 108 cm³/mol. The third-order valence-electron chi connectivity index (χ3n) is 3.84. The summed E-state index contributed by atoms with van der Waals surface area (Å²) in [7, 11) is 1.81. The molecule has 0 amide bonds. The SMILES string of the molecule is CCCCNC(=NC)NCc1ccccc1N1CCOCC1.I. The van der Waals surface area contributed by atoms with E-state index in [0.29, 0.717) is 0 Å². The Bertz CT molecular complexity index is 475. The van der Waals surface area contributed by atoms with Crippen LogP contribution in [0.25, 0.3) is 0 Å². The Hall–Kier alpha value is -1.02. The molecule has 5 nitrogen and oxygen atoms in total. The Kier molecular flexibility index (Phi) is 10.0. The molecule has 130 valence electrons. The first-order chi connectivity index (χ1) is 10.8. The molecule has 0 unspecified atom stereocenters. The van der Waals surface area contributed by atoms with Gasteiger partial charge in [0.2, 0.25) is 0 Å². The highest BCUT2D eigenvalue weighted by atomic mass is 127. The van der Waals surface area contributed by atoms with Crippen molar-refractivity contribution in [1.29, 1.82) is 0 Å². The smallest absolute Gasteiger partial charge is 0.191 e. The van der Waals surface area contributed by atoms with Gasteiger partial charge in [0.05, 0.1) is 13.2 Å². The van der Waals surface area contributed by atoms with Gasteiger partial charge in [-0.1, -0.05) is 31.5 Å². The standard InChI is InChI=1S/C17H28N4O.HI/c1-3-4-9-19-17(18-2)20-14-15-7-5-6-8-16(15)21-10-12-22-13-11-21;/h5-8H,3-4,9-14H2,1-2H3,(H2,18,19,20);1H. The van der Waals surface area contributed by atoms with Crippen LogP contribution < -0.4 is 15.5 Å². The first-order valence-electron chi connectivity index (χ1n) is 8.20. The molecular weight excluding hydrogens is 403 g/mol. The number of rotatable bonds is 6. The molecule has 0 aliphatic carbocycles. The number of nitrogens with one attached hydrogen (secondary N) is 2. The van der Waals surface area contributed by atoms with Crippen LogP contribution in [0, 0.1) is 0 Å². The minimum atomic E-state index is 0. The summed E-state index contributed by atoms with van der Waals surface area (Å²) in [5.41, 5.74) is 2.59. The highest BCUT2D eigenvalue weighted by Gasteiger charge is 2.14. The molecule has 0 bridgehead atoms. The molecule has 23 heavy (non-hydrogen) atoms. The Balaban J connectivity index is 0.00000264. The van der Waals surface area contributed by atoms with Gasteiger partial charge in [0.1, 0.15) is 0 Å². The van der Waals surface area contributed by atoms with Gasteiger partial charge in [0, 0.05) is 38.9 Å². The molecule has 0 spiro atoms. The summed E-state index contributed by atoms with van der Waals surface area (Å²) in [5, 5.41) is 6.75. The largest absolute Gasteiger partial charge is 0.378 e. The lowest BCUT2D eigenvalue weighted by molar-refractivity contribution is 0.122.